The highest BCUT2D eigenvalue weighted by molar-refractivity contribution is 6.35. The number of nitrogens with one attached hydrogen (secondary N) is 1. The van der Waals surface area contributed by atoms with Crippen molar-refractivity contribution in [2.24, 2.45) is 10.2 Å². The van der Waals surface area contributed by atoms with Gasteiger partial charge in [-0.1, -0.05) is 23.2 Å². The van der Waals surface area contributed by atoms with Crippen LogP contribution in [0.15, 0.2) is 40.6 Å². The minimum Gasteiger partial charge on any atom is -0.494 e. The number of azo groups is 1. The second kappa shape index (κ2) is 9.58. The van der Waals surface area contributed by atoms with Crippen molar-refractivity contribution in [3.63, 3.8) is 0 Å². The molecule has 0 unspecified atom stereocenters. The summed E-state index contributed by atoms with van der Waals surface area (Å²) < 4.78 is 5.52. The van der Waals surface area contributed by atoms with Crippen LogP contribution >= 0.6 is 23.2 Å². The Hall–Kier alpha value is -2.31. The van der Waals surface area contributed by atoms with E-state index in [4.69, 9.17) is 27.9 Å². The summed E-state index contributed by atoms with van der Waals surface area (Å²) in [7, 11) is 1.59. The Kier molecular flexibility index (Phi) is 7.45. The van der Waals surface area contributed by atoms with Crippen LogP contribution in [0.1, 0.15) is 20.8 Å². The number of hydrogen-bond acceptors (Lipinski definition) is 5. The van der Waals surface area contributed by atoms with Gasteiger partial charge in [0.15, 0.2) is 0 Å². The zero-order chi connectivity index (χ0) is 20.0. The van der Waals surface area contributed by atoms with E-state index in [1.807, 2.05) is 6.07 Å². The normalized spacial score (nSPS) is 10.9. The van der Waals surface area contributed by atoms with Crippen molar-refractivity contribution >= 4 is 51.9 Å². The van der Waals surface area contributed by atoms with Gasteiger partial charge in [-0.15, -0.1) is 10.2 Å². The van der Waals surface area contributed by atoms with E-state index in [-0.39, 0.29) is 5.91 Å². The highest BCUT2D eigenvalue weighted by Gasteiger charge is 2.15. The van der Waals surface area contributed by atoms with Crippen LogP contribution in [0, 0.1) is 0 Å². The van der Waals surface area contributed by atoms with Gasteiger partial charge in [0.25, 0.3) is 0 Å². The molecule has 0 spiro atoms. The van der Waals surface area contributed by atoms with Gasteiger partial charge in [-0.2, -0.15) is 0 Å². The fourth-order valence-corrected chi connectivity index (χ4v) is 2.90. The molecule has 0 aromatic heterocycles. The van der Waals surface area contributed by atoms with Gasteiger partial charge in [-0.25, -0.2) is 0 Å². The first-order chi connectivity index (χ1) is 12.9. The van der Waals surface area contributed by atoms with Gasteiger partial charge in [0, 0.05) is 31.1 Å². The summed E-state index contributed by atoms with van der Waals surface area (Å²) in [4.78, 5) is 13.8. The highest BCUT2D eigenvalue weighted by atomic mass is 35.5. The highest BCUT2D eigenvalue weighted by Crippen LogP contribution is 2.40. The average molecular weight is 409 g/mol. The van der Waals surface area contributed by atoms with Gasteiger partial charge in [0.2, 0.25) is 5.91 Å². The Morgan fingerprint density at radius 2 is 1.78 bits per heavy atom. The molecule has 0 aliphatic carbocycles. The monoisotopic (exact) mass is 408 g/mol. The Morgan fingerprint density at radius 3 is 2.37 bits per heavy atom. The first kappa shape index (κ1) is 21.0. The van der Waals surface area contributed by atoms with Crippen molar-refractivity contribution in [3.05, 3.63) is 40.4 Å². The number of amides is 1. The minimum atomic E-state index is -0.206. The lowest BCUT2D eigenvalue weighted by molar-refractivity contribution is -0.114. The molecular weight excluding hydrogens is 387 g/mol. The molecule has 0 bridgehead atoms. The van der Waals surface area contributed by atoms with Crippen LogP contribution in [0.3, 0.4) is 0 Å². The molecule has 144 valence electrons. The maximum atomic E-state index is 11.6. The van der Waals surface area contributed by atoms with E-state index in [2.05, 4.69) is 34.3 Å². The number of halogens is 2. The number of hydrogen-bond donors (Lipinski definition) is 1. The third kappa shape index (κ3) is 5.34. The van der Waals surface area contributed by atoms with E-state index in [1.54, 1.807) is 31.4 Å². The van der Waals surface area contributed by atoms with Gasteiger partial charge in [0.1, 0.15) is 17.1 Å². The maximum absolute atomic E-state index is 11.6. The number of nitrogens with zero attached hydrogens (tertiary/aromatic N) is 3. The Balaban J connectivity index is 2.54. The number of ether oxygens (including phenoxy) is 1. The summed E-state index contributed by atoms with van der Waals surface area (Å²) in [5, 5.41) is 12.2. The Morgan fingerprint density at radius 1 is 1.11 bits per heavy atom. The summed E-state index contributed by atoms with van der Waals surface area (Å²) in [5.74, 6) is 0.432. The standard InChI is InChI=1S/C19H22Cl2N4O2/c1-5-25(6-2)18-10-16(22-12(3)26)17(11-19(18)27-4)24-23-15-9-13(20)7-8-14(15)21/h7-11H,5-6H2,1-4H3,(H,22,26). The molecule has 0 fully saturated rings. The van der Waals surface area contributed by atoms with Crippen molar-refractivity contribution in [1.82, 2.24) is 0 Å². The van der Waals surface area contributed by atoms with Gasteiger partial charge < -0.3 is 15.0 Å². The van der Waals surface area contributed by atoms with Crippen molar-refractivity contribution in [2.75, 3.05) is 30.4 Å². The molecule has 2 aromatic carbocycles. The predicted molar refractivity (Wildman–Crippen MR) is 111 cm³/mol. The molecule has 0 aliphatic rings. The lowest BCUT2D eigenvalue weighted by atomic mass is 10.2. The Labute approximate surface area is 169 Å². The molecule has 1 amide bonds. The molecule has 0 saturated carbocycles. The van der Waals surface area contributed by atoms with Gasteiger partial charge in [-0.3, -0.25) is 4.79 Å². The molecular formula is C19H22Cl2N4O2. The molecule has 27 heavy (non-hydrogen) atoms. The second-order valence-electron chi connectivity index (χ2n) is 5.69. The topological polar surface area (TPSA) is 66.3 Å². The molecule has 8 heteroatoms. The summed E-state index contributed by atoms with van der Waals surface area (Å²) in [6, 6.07) is 8.51. The van der Waals surface area contributed by atoms with E-state index in [0.29, 0.717) is 32.9 Å². The predicted octanol–water partition coefficient (Wildman–Crippen LogP) is 6.22. The van der Waals surface area contributed by atoms with E-state index in [0.717, 1.165) is 18.8 Å². The molecule has 0 aliphatic heterocycles. The first-order valence-electron chi connectivity index (χ1n) is 8.50. The van der Waals surface area contributed by atoms with Gasteiger partial charge >= 0.3 is 0 Å². The molecule has 0 heterocycles. The first-order valence-corrected chi connectivity index (χ1v) is 9.26. The molecule has 6 nitrogen and oxygen atoms in total. The third-order valence-corrected chi connectivity index (χ3v) is 4.44. The summed E-state index contributed by atoms with van der Waals surface area (Å²) in [6.07, 6.45) is 0. The number of carbonyl (C=O) groups is 1. The maximum Gasteiger partial charge on any atom is 0.221 e. The number of anilines is 2. The second-order valence-corrected chi connectivity index (χ2v) is 6.53. The van der Waals surface area contributed by atoms with Crippen LogP contribution < -0.4 is 15.0 Å². The fraction of sp³-hybridized carbons (Fsp3) is 0.316. The Bertz CT molecular complexity index is 852. The SMILES string of the molecule is CCN(CC)c1cc(NC(C)=O)c(N=Nc2cc(Cl)ccc2Cl)cc1OC. The largest absolute Gasteiger partial charge is 0.494 e. The summed E-state index contributed by atoms with van der Waals surface area (Å²) in [6.45, 7) is 7.14. The number of carbonyl (C=O) groups excluding carboxylic acids is 1. The van der Waals surface area contributed by atoms with Gasteiger partial charge in [-0.05, 0) is 38.1 Å². The van der Waals surface area contributed by atoms with E-state index in [9.17, 15) is 4.79 Å². The number of methoxy groups -OCH3 is 1. The van der Waals surface area contributed by atoms with Crippen LogP contribution in [0.4, 0.5) is 22.7 Å². The fourth-order valence-electron chi connectivity index (χ4n) is 2.58. The summed E-state index contributed by atoms with van der Waals surface area (Å²) in [5.41, 5.74) is 2.29. The smallest absolute Gasteiger partial charge is 0.221 e. The summed E-state index contributed by atoms with van der Waals surface area (Å²) >= 11 is 12.1. The third-order valence-electron chi connectivity index (χ3n) is 3.89. The van der Waals surface area contributed by atoms with Crippen molar-refractivity contribution in [3.8, 4) is 5.75 Å². The zero-order valence-electron chi connectivity index (χ0n) is 15.7. The van der Waals surface area contributed by atoms with E-state index >= 15 is 0 Å². The van der Waals surface area contributed by atoms with E-state index in [1.165, 1.54) is 6.92 Å². The molecule has 0 atom stereocenters. The molecule has 1 N–H and O–H groups in total. The number of rotatable bonds is 7. The minimum absolute atomic E-state index is 0.206. The lowest BCUT2D eigenvalue weighted by Crippen LogP contribution is -2.22. The lowest BCUT2D eigenvalue weighted by Gasteiger charge is -2.24. The number of benzene rings is 2. The molecule has 0 saturated heterocycles. The zero-order valence-corrected chi connectivity index (χ0v) is 17.2. The van der Waals surface area contributed by atoms with Crippen LogP contribution in [0.5, 0.6) is 5.75 Å². The van der Waals surface area contributed by atoms with Crippen LogP contribution in [0.2, 0.25) is 10.0 Å². The molecule has 2 rings (SSSR count). The van der Waals surface area contributed by atoms with E-state index < -0.39 is 0 Å². The van der Waals surface area contributed by atoms with Crippen molar-refractivity contribution in [1.29, 1.82) is 0 Å². The van der Waals surface area contributed by atoms with Gasteiger partial charge in [0.05, 0.1) is 23.5 Å². The molecule has 2 aromatic rings. The van der Waals surface area contributed by atoms with Crippen LogP contribution in [-0.2, 0) is 4.79 Å². The molecule has 0 radical (unpaired) electrons. The van der Waals surface area contributed by atoms with Crippen LogP contribution in [0.25, 0.3) is 0 Å². The quantitative estimate of drug-likeness (QED) is 0.552. The van der Waals surface area contributed by atoms with Crippen molar-refractivity contribution < 1.29 is 9.53 Å². The van der Waals surface area contributed by atoms with Crippen LogP contribution in [-0.4, -0.2) is 26.1 Å². The van der Waals surface area contributed by atoms with Crippen molar-refractivity contribution in [2.45, 2.75) is 20.8 Å². The average Bonchev–Trinajstić information content (AvgIpc) is 2.64.